The highest BCUT2D eigenvalue weighted by Gasteiger charge is 2.21. The number of anilines is 1. The molecule has 0 spiro atoms. The first-order valence-corrected chi connectivity index (χ1v) is 9.73. The lowest BCUT2D eigenvalue weighted by molar-refractivity contribution is 0.374. The molecule has 2 aromatic carbocycles. The first-order chi connectivity index (χ1) is 14.3. The van der Waals surface area contributed by atoms with Crippen LogP contribution in [0.4, 0.5) is 5.82 Å². The number of hydrogen-bond acceptors (Lipinski definition) is 6. The molecule has 7 heteroatoms. The molecule has 0 fully saturated rings. The molecule has 0 radical (unpaired) electrons. The van der Waals surface area contributed by atoms with Crippen molar-refractivity contribution in [2.75, 3.05) is 19.0 Å². The minimum atomic E-state index is 0.481. The Kier molecular flexibility index (Phi) is 4.57. The molecule has 3 heterocycles. The standard InChI is InChI=1S/C22H22N6O/c1-29-22-26-18-9-5-6-10-19(18)28(22)21-25-17-11-12-23-14-16(17)20(27-21)24-13-15-7-3-2-4-8-15/h2-10,23H,11-14H2,1H3,(H,24,25,27). The number of rotatable bonds is 5. The normalized spacial score (nSPS) is 13.3. The number of benzene rings is 2. The van der Waals surface area contributed by atoms with Crippen LogP contribution >= 0.6 is 0 Å². The zero-order chi connectivity index (χ0) is 19.6. The first-order valence-electron chi connectivity index (χ1n) is 9.73. The Morgan fingerprint density at radius 1 is 1.03 bits per heavy atom. The molecule has 1 aliphatic rings. The highest BCUT2D eigenvalue weighted by atomic mass is 16.5. The van der Waals surface area contributed by atoms with Gasteiger partial charge in [-0.15, -0.1) is 0 Å². The second-order valence-electron chi connectivity index (χ2n) is 6.99. The quantitative estimate of drug-likeness (QED) is 0.549. The summed E-state index contributed by atoms with van der Waals surface area (Å²) in [7, 11) is 1.62. The average Bonchev–Trinajstić information content (AvgIpc) is 3.16. The third kappa shape index (κ3) is 3.30. The van der Waals surface area contributed by atoms with Gasteiger partial charge in [0.05, 0.1) is 23.8 Å². The van der Waals surface area contributed by atoms with Gasteiger partial charge in [0.15, 0.2) is 0 Å². The number of para-hydroxylation sites is 2. The Morgan fingerprint density at radius 2 is 1.86 bits per heavy atom. The van der Waals surface area contributed by atoms with Crippen LogP contribution in [0.25, 0.3) is 17.0 Å². The summed E-state index contributed by atoms with van der Waals surface area (Å²) < 4.78 is 7.42. The van der Waals surface area contributed by atoms with Crippen molar-refractivity contribution in [1.82, 2.24) is 24.8 Å². The van der Waals surface area contributed by atoms with E-state index in [9.17, 15) is 0 Å². The van der Waals surface area contributed by atoms with Crippen molar-refractivity contribution in [2.24, 2.45) is 0 Å². The highest BCUT2D eigenvalue weighted by molar-refractivity contribution is 5.78. The molecule has 146 valence electrons. The molecule has 29 heavy (non-hydrogen) atoms. The molecule has 1 aliphatic heterocycles. The van der Waals surface area contributed by atoms with Gasteiger partial charge in [0.1, 0.15) is 5.82 Å². The van der Waals surface area contributed by atoms with Gasteiger partial charge >= 0.3 is 6.01 Å². The van der Waals surface area contributed by atoms with Crippen LogP contribution < -0.4 is 15.4 Å². The fraction of sp³-hybridized carbons (Fsp3) is 0.227. The van der Waals surface area contributed by atoms with Gasteiger partial charge in [-0.1, -0.05) is 42.5 Å². The molecule has 0 saturated heterocycles. The zero-order valence-corrected chi connectivity index (χ0v) is 16.2. The van der Waals surface area contributed by atoms with Crippen LogP contribution in [0.15, 0.2) is 54.6 Å². The van der Waals surface area contributed by atoms with Crippen LogP contribution in [-0.2, 0) is 19.5 Å². The summed E-state index contributed by atoms with van der Waals surface area (Å²) in [5.74, 6) is 1.42. The lowest BCUT2D eigenvalue weighted by Crippen LogP contribution is -2.27. The fourth-order valence-electron chi connectivity index (χ4n) is 3.69. The van der Waals surface area contributed by atoms with Crippen LogP contribution in [0.5, 0.6) is 6.01 Å². The third-order valence-corrected chi connectivity index (χ3v) is 5.14. The molecular formula is C22H22N6O. The second kappa shape index (κ2) is 7.52. The van der Waals surface area contributed by atoms with Crippen LogP contribution in [0.2, 0.25) is 0 Å². The molecular weight excluding hydrogens is 364 g/mol. The summed E-state index contributed by atoms with van der Waals surface area (Å²) in [4.78, 5) is 14.3. The number of nitrogens with zero attached hydrogens (tertiary/aromatic N) is 4. The van der Waals surface area contributed by atoms with E-state index in [0.717, 1.165) is 47.6 Å². The number of nitrogens with one attached hydrogen (secondary N) is 2. The molecule has 7 nitrogen and oxygen atoms in total. The predicted molar refractivity (Wildman–Crippen MR) is 112 cm³/mol. The highest BCUT2D eigenvalue weighted by Crippen LogP contribution is 2.28. The maximum atomic E-state index is 5.54. The number of methoxy groups -OCH3 is 1. The Hall–Kier alpha value is -3.45. The van der Waals surface area contributed by atoms with E-state index in [2.05, 4.69) is 27.8 Å². The largest absolute Gasteiger partial charge is 0.468 e. The van der Waals surface area contributed by atoms with Gasteiger partial charge in [0.25, 0.3) is 0 Å². The lowest BCUT2D eigenvalue weighted by Gasteiger charge is -2.21. The van der Waals surface area contributed by atoms with Crippen LogP contribution in [0.3, 0.4) is 0 Å². The van der Waals surface area contributed by atoms with E-state index >= 15 is 0 Å². The molecule has 2 N–H and O–H groups in total. The molecule has 2 aromatic heterocycles. The Morgan fingerprint density at radius 3 is 2.72 bits per heavy atom. The van der Waals surface area contributed by atoms with Gasteiger partial charge in [0, 0.05) is 31.6 Å². The van der Waals surface area contributed by atoms with Gasteiger partial charge in [-0.2, -0.15) is 9.97 Å². The maximum absolute atomic E-state index is 5.54. The van der Waals surface area contributed by atoms with E-state index in [1.807, 2.05) is 47.0 Å². The summed E-state index contributed by atoms with van der Waals surface area (Å²) in [6, 6.07) is 18.7. The van der Waals surface area contributed by atoms with Crippen LogP contribution in [0, 0.1) is 0 Å². The van der Waals surface area contributed by atoms with Gasteiger partial charge in [0.2, 0.25) is 5.95 Å². The molecule has 0 unspecified atom stereocenters. The molecule has 0 bridgehead atoms. The van der Waals surface area contributed by atoms with E-state index in [1.165, 1.54) is 5.56 Å². The summed E-state index contributed by atoms with van der Waals surface area (Å²) in [6.07, 6.45) is 0.861. The Balaban J connectivity index is 1.61. The summed E-state index contributed by atoms with van der Waals surface area (Å²) in [5, 5.41) is 6.93. The number of aromatic nitrogens is 4. The zero-order valence-electron chi connectivity index (χ0n) is 16.2. The maximum Gasteiger partial charge on any atom is 0.304 e. The SMILES string of the molecule is COc1nc2ccccc2n1-c1nc2c(c(NCc3ccccc3)n1)CNCC2. The average molecular weight is 386 g/mol. The van der Waals surface area contributed by atoms with Crippen molar-refractivity contribution in [3.8, 4) is 12.0 Å². The number of fused-ring (bicyclic) bond motifs is 2. The molecule has 0 aliphatic carbocycles. The molecule has 0 saturated carbocycles. The molecule has 0 atom stereocenters. The number of ether oxygens (including phenoxy) is 1. The summed E-state index contributed by atoms with van der Waals surface area (Å²) >= 11 is 0. The topological polar surface area (TPSA) is 76.9 Å². The van der Waals surface area contributed by atoms with Crippen molar-refractivity contribution in [1.29, 1.82) is 0 Å². The minimum Gasteiger partial charge on any atom is -0.468 e. The smallest absolute Gasteiger partial charge is 0.304 e. The molecule has 5 rings (SSSR count). The molecule has 4 aromatic rings. The lowest BCUT2D eigenvalue weighted by atomic mass is 10.1. The van der Waals surface area contributed by atoms with E-state index in [1.54, 1.807) is 7.11 Å². The van der Waals surface area contributed by atoms with Crippen molar-refractivity contribution >= 4 is 16.9 Å². The van der Waals surface area contributed by atoms with Crippen molar-refractivity contribution in [3.05, 3.63) is 71.4 Å². The second-order valence-corrected chi connectivity index (χ2v) is 6.99. The minimum absolute atomic E-state index is 0.481. The van der Waals surface area contributed by atoms with Crippen LogP contribution in [-0.4, -0.2) is 33.2 Å². The van der Waals surface area contributed by atoms with Gasteiger partial charge < -0.3 is 15.4 Å². The Labute approximate surface area is 168 Å². The van der Waals surface area contributed by atoms with E-state index < -0.39 is 0 Å². The summed E-state index contributed by atoms with van der Waals surface area (Å²) in [6.45, 7) is 2.36. The fourth-order valence-corrected chi connectivity index (χ4v) is 3.69. The van der Waals surface area contributed by atoms with Gasteiger partial charge in [-0.05, 0) is 17.7 Å². The number of imidazole rings is 1. The molecule has 0 amide bonds. The van der Waals surface area contributed by atoms with E-state index in [0.29, 0.717) is 18.5 Å². The van der Waals surface area contributed by atoms with Crippen LogP contribution in [0.1, 0.15) is 16.8 Å². The third-order valence-electron chi connectivity index (χ3n) is 5.14. The number of hydrogen-bond donors (Lipinski definition) is 2. The van der Waals surface area contributed by atoms with Gasteiger partial charge in [-0.25, -0.2) is 9.55 Å². The van der Waals surface area contributed by atoms with Gasteiger partial charge in [-0.3, -0.25) is 0 Å². The van der Waals surface area contributed by atoms with Crippen molar-refractivity contribution in [3.63, 3.8) is 0 Å². The van der Waals surface area contributed by atoms with E-state index in [4.69, 9.17) is 14.7 Å². The Bertz CT molecular complexity index is 1150. The predicted octanol–water partition coefficient (Wildman–Crippen LogP) is 3.08. The first kappa shape index (κ1) is 17.6. The van der Waals surface area contributed by atoms with E-state index in [-0.39, 0.29) is 0 Å². The summed E-state index contributed by atoms with van der Waals surface area (Å²) in [5.41, 5.74) is 5.16. The van der Waals surface area contributed by atoms with Crippen molar-refractivity contribution < 1.29 is 4.74 Å². The monoisotopic (exact) mass is 386 g/mol. The van der Waals surface area contributed by atoms with Crippen molar-refractivity contribution in [2.45, 2.75) is 19.5 Å².